The van der Waals surface area contributed by atoms with E-state index in [-0.39, 0.29) is 0 Å². The van der Waals surface area contributed by atoms with Gasteiger partial charge >= 0.3 is 0 Å². The molecule has 3 nitrogen and oxygen atoms in total. The first kappa shape index (κ1) is 9.01. The lowest BCUT2D eigenvalue weighted by Gasteiger charge is -2.12. The van der Waals surface area contributed by atoms with Crippen LogP contribution in [0.5, 0.6) is 0 Å². The van der Waals surface area contributed by atoms with E-state index < -0.39 is 0 Å². The predicted molar refractivity (Wildman–Crippen MR) is 50.4 cm³/mol. The van der Waals surface area contributed by atoms with E-state index in [2.05, 4.69) is 11.1 Å². The fraction of sp³-hybridized carbons (Fsp3) is 0.500. The van der Waals surface area contributed by atoms with Crippen molar-refractivity contribution < 1.29 is 0 Å². The molecule has 0 aliphatic rings. The monoisotopic (exact) mass is 181 g/mol. The fourth-order valence-electron chi connectivity index (χ4n) is 0.830. The van der Waals surface area contributed by atoms with Gasteiger partial charge in [-0.3, -0.25) is 0 Å². The minimum atomic E-state index is 0.551. The van der Waals surface area contributed by atoms with Crippen LogP contribution in [0.4, 0.5) is 5.13 Å². The Balaban J connectivity index is 2.54. The quantitative estimate of drug-likeness (QED) is 0.714. The van der Waals surface area contributed by atoms with E-state index in [1.807, 2.05) is 24.3 Å². The highest BCUT2D eigenvalue weighted by atomic mass is 32.1. The molecule has 0 fully saturated rings. The molecule has 1 heterocycles. The molecule has 0 bridgehead atoms. The summed E-state index contributed by atoms with van der Waals surface area (Å²) in [6, 6.07) is 2.11. The SMILES string of the molecule is Cc1csc(N(C)CCC#N)n1. The van der Waals surface area contributed by atoms with Crippen LogP contribution in [0.2, 0.25) is 0 Å². The number of hydrogen-bond donors (Lipinski definition) is 0. The van der Waals surface area contributed by atoms with Crippen LogP contribution in [-0.4, -0.2) is 18.6 Å². The topological polar surface area (TPSA) is 39.9 Å². The molecule has 0 aliphatic carbocycles. The van der Waals surface area contributed by atoms with Gasteiger partial charge < -0.3 is 4.90 Å². The van der Waals surface area contributed by atoms with Crippen molar-refractivity contribution in [2.75, 3.05) is 18.5 Å². The van der Waals surface area contributed by atoms with E-state index in [1.165, 1.54) is 0 Å². The van der Waals surface area contributed by atoms with Gasteiger partial charge in [0, 0.05) is 19.0 Å². The van der Waals surface area contributed by atoms with Gasteiger partial charge in [0.2, 0.25) is 0 Å². The van der Waals surface area contributed by atoms with Gasteiger partial charge in [0.25, 0.3) is 0 Å². The number of anilines is 1. The third-order valence-corrected chi connectivity index (χ3v) is 2.57. The summed E-state index contributed by atoms with van der Waals surface area (Å²) in [5.41, 5.74) is 1.04. The molecule has 4 heteroatoms. The average Bonchev–Trinajstić information content (AvgIpc) is 2.47. The molecule has 1 aromatic rings. The predicted octanol–water partition coefficient (Wildman–Crippen LogP) is 1.80. The zero-order valence-corrected chi connectivity index (χ0v) is 8.06. The molecule has 0 atom stereocenters. The van der Waals surface area contributed by atoms with Gasteiger partial charge in [-0.1, -0.05) is 0 Å². The Labute approximate surface area is 76.3 Å². The van der Waals surface area contributed by atoms with Gasteiger partial charge in [0.15, 0.2) is 5.13 Å². The highest BCUT2D eigenvalue weighted by molar-refractivity contribution is 7.13. The minimum Gasteiger partial charge on any atom is -0.350 e. The number of thiazole rings is 1. The third-order valence-electron chi connectivity index (χ3n) is 1.49. The Bertz CT molecular complexity index is 287. The number of nitrogens with zero attached hydrogens (tertiary/aromatic N) is 3. The largest absolute Gasteiger partial charge is 0.350 e. The summed E-state index contributed by atoms with van der Waals surface area (Å²) in [6.45, 7) is 2.72. The van der Waals surface area contributed by atoms with Gasteiger partial charge in [0.1, 0.15) is 0 Å². The molecule has 1 aromatic heterocycles. The molecule has 0 saturated heterocycles. The molecule has 0 saturated carbocycles. The number of aromatic nitrogens is 1. The van der Waals surface area contributed by atoms with Gasteiger partial charge in [-0.05, 0) is 6.92 Å². The number of rotatable bonds is 3. The van der Waals surface area contributed by atoms with Crippen LogP contribution in [0, 0.1) is 18.3 Å². The van der Waals surface area contributed by atoms with Crippen LogP contribution < -0.4 is 4.90 Å². The second-order valence-electron chi connectivity index (χ2n) is 2.60. The average molecular weight is 181 g/mol. The molecule has 1 rings (SSSR count). The van der Waals surface area contributed by atoms with Crippen LogP contribution >= 0.6 is 11.3 Å². The van der Waals surface area contributed by atoms with Crippen LogP contribution in [-0.2, 0) is 0 Å². The summed E-state index contributed by atoms with van der Waals surface area (Å²) in [5.74, 6) is 0. The first-order valence-electron chi connectivity index (χ1n) is 3.74. The van der Waals surface area contributed by atoms with Crippen molar-refractivity contribution in [3.05, 3.63) is 11.1 Å². The standard InChI is InChI=1S/C8H11N3S/c1-7-6-12-8(10-7)11(2)5-3-4-9/h6H,3,5H2,1-2H3. The van der Waals surface area contributed by atoms with Crippen LogP contribution in [0.1, 0.15) is 12.1 Å². The lowest BCUT2D eigenvalue weighted by Crippen LogP contribution is -2.17. The lowest BCUT2D eigenvalue weighted by molar-refractivity contribution is 0.896. The maximum atomic E-state index is 8.37. The van der Waals surface area contributed by atoms with Crippen LogP contribution in [0.15, 0.2) is 5.38 Å². The summed E-state index contributed by atoms with van der Waals surface area (Å²) in [5, 5.41) is 11.4. The summed E-state index contributed by atoms with van der Waals surface area (Å²) < 4.78 is 0. The Morgan fingerprint density at radius 3 is 3.00 bits per heavy atom. The highest BCUT2D eigenvalue weighted by Crippen LogP contribution is 2.18. The van der Waals surface area contributed by atoms with Crippen LogP contribution in [0.3, 0.4) is 0 Å². The molecular weight excluding hydrogens is 170 g/mol. The van der Waals surface area contributed by atoms with Gasteiger partial charge in [0.05, 0.1) is 18.2 Å². The van der Waals surface area contributed by atoms with E-state index in [4.69, 9.17) is 5.26 Å². The number of aryl methyl sites for hydroxylation is 1. The van der Waals surface area contributed by atoms with Gasteiger partial charge in [-0.2, -0.15) is 5.26 Å². The first-order valence-corrected chi connectivity index (χ1v) is 4.62. The normalized spacial score (nSPS) is 9.42. The molecule has 0 aliphatic heterocycles. The molecule has 0 spiro atoms. The zero-order valence-electron chi connectivity index (χ0n) is 7.24. The molecule has 0 amide bonds. The van der Waals surface area contributed by atoms with E-state index in [9.17, 15) is 0 Å². The van der Waals surface area contributed by atoms with E-state index in [1.54, 1.807) is 11.3 Å². The Kier molecular flexibility index (Phi) is 3.06. The third kappa shape index (κ3) is 2.21. The highest BCUT2D eigenvalue weighted by Gasteiger charge is 2.03. The second-order valence-corrected chi connectivity index (χ2v) is 3.44. The molecule has 64 valence electrons. The fourth-order valence-corrected chi connectivity index (χ4v) is 1.63. The van der Waals surface area contributed by atoms with Gasteiger partial charge in [-0.25, -0.2) is 4.98 Å². The Morgan fingerprint density at radius 2 is 2.50 bits per heavy atom. The van der Waals surface area contributed by atoms with Crippen LogP contribution in [0.25, 0.3) is 0 Å². The molecular formula is C8H11N3S. The minimum absolute atomic E-state index is 0.551. The Hall–Kier alpha value is -1.08. The van der Waals surface area contributed by atoms with Crippen molar-refractivity contribution in [1.29, 1.82) is 5.26 Å². The number of nitriles is 1. The summed E-state index contributed by atoms with van der Waals surface area (Å²) in [7, 11) is 1.95. The van der Waals surface area contributed by atoms with Crippen molar-refractivity contribution in [1.82, 2.24) is 4.98 Å². The second kappa shape index (κ2) is 4.07. The summed E-state index contributed by atoms with van der Waals surface area (Å²) in [4.78, 5) is 6.30. The smallest absolute Gasteiger partial charge is 0.185 e. The molecule has 0 N–H and O–H groups in total. The van der Waals surface area contributed by atoms with Crippen molar-refractivity contribution in [2.24, 2.45) is 0 Å². The van der Waals surface area contributed by atoms with E-state index >= 15 is 0 Å². The Morgan fingerprint density at radius 1 is 1.75 bits per heavy atom. The van der Waals surface area contributed by atoms with E-state index in [0.717, 1.165) is 17.4 Å². The van der Waals surface area contributed by atoms with Crippen molar-refractivity contribution >= 4 is 16.5 Å². The van der Waals surface area contributed by atoms with E-state index in [0.29, 0.717) is 6.42 Å². The van der Waals surface area contributed by atoms with Crippen molar-refractivity contribution in [2.45, 2.75) is 13.3 Å². The zero-order chi connectivity index (χ0) is 8.97. The first-order chi connectivity index (χ1) is 5.74. The van der Waals surface area contributed by atoms with Gasteiger partial charge in [-0.15, -0.1) is 11.3 Å². The summed E-state index contributed by atoms with van der Waals surface area (Å²) >= 11 is 1.61. The molecule has 0 aromatic carbocycles. The van der Waals surface area contributed by atoms with Crippen molar-refractivity contribution in [3.8, 4) is 6.07 Å². The molecule has 0 unspecified atom stereocenters. The van der Waals surface area contributed by atoms with Crippen molar-refractivity contribution in [3.63, 3.8) is 0 Å². The summed E-state index contributed by atoms with van der Waals surface area (Å²) in [6.07, 6.45) is 0.551. The number of hydrogen-bond acceptors (Lipinski definition) is 4. The molecule has 0 radical (unpaired) electrons. The maximum absolute atomic E-state index is 8.37. The maximum Gasteiger partial charge on any atom is 0.185 e. The molecule has 12 heavy (non-hydrogen) atoms. The lowest BCUT2D eigenvalue weighted by atomic mass is 10.4.